The average molecular weight is 321 g/mol. The molecule has 2 bridgehead atoms. The molecule has 0 spiro atoms. The van der Waals surface area contributed by atoms with Crippen molar-refractivity contribution in [3.05, 3.63) is 30.0 Å². The van der Waals surface area contributed by atoms with Crippen LogP contribution in [0.2, 0.25) is 0 Å². The SMILES string of the molecule is CN(C(=O)c1cccc2[nH]ncc12)C1CC2CCC(C1)N2.Cl. The quantitative estimate of drug-likeness (QED) is 0.893. The number of hydrogen-bond acceptors (Lipinski definition) is 3. The molecule has 1 aromatic carbocycles. The third-order valence-electron chi connectivity index (χ3n) is 5.03. The van der Waals surface area contributed by atoms with Gasteiger partial charge in [-0.3, -0.25) is 9.89 Å². The number of benzene rings is 1. The number of rotatable bonds is 2. The van der Waals surface area contributed by atoms with E-state index in [9.17, 15) is 4.79 Å². The molecule has 0 aliphatic carbocycles. The van der Waals surface area contributed by atoms with Crippen LogP contribution in [0.25, 0.3) is 10.9 Å². The summed E-state index contributed by atoms with van der Waals surface area (Å²) in [6.45, 7) is 0. The summed E-state index contributed by atoms with van der Waals surface area (Å²) in [6.07, 6.45) is 6.38. The third-order valence-corrected chi connectivity index (χ3v) is 5.03. The predicted molar refractivity (Wildman–Crippen MR) is 88.4 cm³/mol. The van der Waals surface area contributed by atoms with Crippen molar-refractivity contribution < 1.29 is 4.79 Å². The van der Waals surface area contributed by atoms with Gasteiger partial charge in [0.25, 0.3) is 5.91 Å². The molecule has 1 amide bonds. The number of aromatic amines is 1. The van der Waals surface area contributed by atoms with Gasteiger partial charge in [-0.05, 0) is 37.8 Å². The number of piperidine rings is 1. The average Bonchev–Trinajstić information content (AvgIpc) is 3.11. The third kappa shape index (κ3) is 2.48. The number of hydrogen-bond donors (Lipinski definition) is 2. The van der Waals surface area contributed by atoms with Crippen LogP contribution in [0.3, 0.4) is 0 Å². The molecule has 3 heterocycles. The molecule has 2 fully saturated rings. The van der Waals surface area contributed by atoms with E-state index in [1.807, 2.05) is 30.1 Å². The van der Waals surface area contributed by atoms with Crippen LogP contribution in [0, 0.1) is 0 Å². The Morgan fingerprint density at radius 3 is 2.73 bits per heavy atom. The van der Waals surface area contributed by atoms with Crippen molar-refractivity contribution in [2.45, 2.75) is 43.8 Å². The monoisotopic (exact) mass is 320 g/mol. The fourth-order valence-corrected chi connectivity index (χ4v) is 3.85. The molecule has 1 aromatic heterocycles. The minimum absolute atomic E-state index is 0. The number of nitrogens with one attached hydrogen (secondary N) is 2. The highest BCUT2D eigenvalue weighted by Gasteiger charge is 2.36. The molecule has 0 radical (unpaired) electrons. The molecular weight excluding hydrogens is 300 g/mol. The maximum atomic E-state index is 12.9. The van der Waals surface area contributed by atoms with Crippen molar-refractivity contribution in [2.75, 3.05) is 7.05 Å². The zero-order valence-electron chi connectivity index (χ0n) is 12.6. The summed E-state index contributed by atoms with van der Waals surface area (Å²) >= 11 is 0. The van der Waals surface area contributed by atoms with Crippen molar-refractivity contribution in [1.82, 2.24) is 20.4 Å². The molecule has 2 aliphatic rings. The topological polar surface area (TPSA) is 61.0 Å². The minimum Gasteiger partial charge on any atom is -0.339 e. The Bertz CT molecular complexity index is 674. The van der Waals surface area contributed by atoms with Crippen LogP contribution in [0.5, 0.6) is 0 Å². The number of carbonyl (C=O) groups is 1. The number of amides is 1. The number of aromatic nitrogens is 2. The van der Waals surface area contributed by atoms with E-state index in [0.29, 0.717) is 18.1 Å². The van der Waals surface area contributed by atoms with Gasteiger partial charge in [0.2, 0.25) is 0 Å². The Labute approximate surface area is 135 Å². The second-order valence-corrected chi connectivity index (χ2v) is 6.32. The van der Waals surface area contributed by atoms with Crippen molar-refractivity contribution in [1.29, 1.82) is 0 Å². The van der Waals surface area contributed by atoms with Gasteiger partial charge < -0.3 is 10.2 Å². The molecule has 2 saturated heterocycles. The Morgan fingerprint density at radius 2 is 2.00 bits per heavy atom. The van der Waals surface area contributed by atoms with Crippen molar-refractivity contribution in [2.24, 2.45) is 0 Å². The molecule has 118 valence electrons. The number of carbonyl (C=O) groups excluding carboxylic acids is 1. The maximum absolute atomic E-state index is 12.9. The van der Waals surface area contributed by atoms with Crippen molar-refractivity contribution in [3.63, 3.8) is 0 Å². The first kappa shape index (κ1) is 15.3. The first-order valence-corrected chi connectivity index (χ1v) is 7.67. The normalized spacial score (nSPS) is 26.7. The molecule has 2 aromatic rings. The molecule has 2 unspecified atom stereocenters. The van der Waals surface area contributed by atoms with Crippen LogP contribution in [0.4, 0.5) is 0 Å². The summed E-state index contributed by atoms with van der Waals surface area (Å²) in [6, 6.07) is 7.28. The van der Waals surface area contributed by atoms with Gasteiger partial charge in [-0.1, -0.05) is 6.07 Å². The zero-order valence-corrected chi connectivity index (χ0v) is 13.4. The van der Waals surface area contributed by atoms with Crippen molar-refractivity contribution in [3.8, 4) is 0 Å². The van der Waals surface area contributed by atoms with Crippen LogP contribution < -0.4 is 5.32 Å². The standard InChI is InChI=1S/C16H20N4O.ClH/c1-20(12-7-10-5-6-11(8-12)18-10)16(21)13-3-2-4-15-14(13)9-17-19-15;/h2-4,9-12,18H,5-8H2,1H3,(H,17,19);1H. The van der Waals surface area contributed by atoms with Gasteiger partial charge in [-0.2, -0.15) is 5.10 Å². The van der Waals surface area contributed by atoms with E-state index in [1.165, 1.54) is 12.8 Å². The Morgan fingerprint density at radius 1 is 1.27 bits per heavy atom. The summed E-state index contributed by atoms with van der Waals surface area (Å²) in [4.78, 5) is 14.8. The Hall–Kier alpha value is -1.59. The van der Waals surface area contributed by atoms with Gasteiger partial charge >= 0.3 is 0 Å². The fraction of sp³-hybridized carbons (Fsp3) is 0.500. The van der Waals surface area contributed by atoms with Gasteiger partial charge in [0.1, 0.15) is 0 Å². The second-order valence-electron chi connectivity index (χ2n) is 6.32. The molecule has 2 atom stereocenters. The van der Waals surface area contributed by atoms with Crippen LogP contribution in [-0.4, -0.2) is 46.2 Å². The second kappa shape index (κ2) is 5.89. The number of fused-ring (bicyclic) bond motifs is 3. The lowest BCUT2D eigenvalue weighted by Gasteiger charge is -2.35. The molecule has 4 rings (SSSR count). The van der Waals surface area contributed by atoms with Gasteiger partial charge in [0.15, 0.2) is 0 Å². The zero-order chi connectivity index (χ0) is 14.4. The summed E-state index contributed by atoms with van der Waals surface area (Å²) in [5.74, 6) is 0.105. The fourth-order valence-electron chi connectivity index (χ4n) is 3.85. The largest absolute Gasteiger partial charge is 0.339 e. The Balaban J connectivity index is 0.00000144. The van der Waals surface area contributed by atoms with Crippen molar-refractivity contribution >= 4 is 29.2 Å². The molecule has 22 heavy (non-hydrogen) atoms. The van der Waals surface area contributed by atoms with Gasteiger partial charge in [0.05, 0.1) is 17.3 Å². The van der Waals surface area contributed by atoms with E-state index >= 15 is 0 Å². The molecule has 5 nitrogen and oxygen atoms in total. The van der Waals surface area contributed by atoms with E-state index in [-0.39, 0.29) is 18.3 Å². The lowest BCUT2D eigenvalue weighted by atomic mass is 9.97. The summed E-state index contributed by atoms with van der Waals surface area (Å²) in [5.41, 5.74) is 1.66. The first-order valence-electron chi connectivity index (χ1n) is 7.67. The number of halogens is 1. The van der Waals surface area contributed by atoms with Crippen LogP contribution >= 0.6 is 12.4 Å². The highest BCUT2D eigenvalue weighted by molar-refractivity contribution is 6.06. The molecular formula is C16H21ClN4O. The van der Waals surface area contributed by atoms with E-state index < -0.39 is 0 Å². The lowest BCUT2D eigenvalue weighted by Crippen LogP contribution is -2.48. The number of H-pyrrole nitrogens is 1. The van der Waals surface area contributed by atoms with E-state index in [4.69, 9.17) is 0 Å². The van der Waals surface area contributed by atoms with E-state index in [0.717, 1.165) is 29.3 Å². The van der Waals surface area contributed by atoms with E-state index in [2.05, 4.69) is 15.5 Å². The molecule has 0 saturated carbocycles. The highest BCUT2D eigenvalue weighted by atomic mass is 35.5. The number of nitrogens with zero attached hydrogens (tertiary/aromatic N) is 2. The summed E-state index contributed by atoms with van der Waals surface area (Å²) in [7, 11) is 1.94. The minimum atomic E-state index is 0. The lowest BCUT2D eigenvalue weighted by molar-refractivity contribution is 0.0683. The smallest absolute Gasteiger partial charge is 0.254 e. The van der Waals surface area contributed by atoms with Gasteiger partial charge in [-0.25, -0.2) is 0 Å². The maximum Gasteiger partial charge on any atom is 0.254 e. The van der Waals surface area contributed by atoms with Crippen LogP contribution in [-0.2, 0) is 0 Å². The molecule has 6 heteroatoms. The van der Waals surface area contributed by atoms with E-state index in [1.54, 1.807) is 6.20 Å². The molecule has 2 aliphatic heterocycles. The van der Waals surface area contributed by atoms with Crippen LogP contribution in [0.1, 0.15) is 36.0 Å². The summed E-state index contributed by atoms with van der Waals surface area (Å²) < 4.78 is 0. The van der Waals surface area contributed by atoms with Gasteiger partial charge in [0, 0.05) is 30.6 Å². The van der Waals surface area contributed by atoms with Gasteiger partial charge in [-0.15, -0.1) is 12.4 Å². The highest BCUT2D eigenvalue weighted by Crippen LogP contribution is 2.30. The predicted octanol–water partition coefficient (Wildman–Crippen LogP) is 2.34. The molecule has 2 N–H and O–H groups in total. The Kier molecular flexibility index (Phi) is 4.10. The summed E-state index contributed by atoms with van der Waals surface area (Å²) in [5, 5.41) is 11.5. The van der Waals surface area contributed by atoms with Crippen LogP contribution in [0.15, 0.2) is 24.4 Å². The first-order chi connectivity index (χ1) is 10.2.